The summed E-state index contributed by atoms with van der Waals surface area (Å²) in [5.74, 6) is 0.359. The molecule has 0 bridgehead atoms. The van der Waals surface area contributed by atoms with Gasteiger partial charge in [-0.15, -0.1) is 0 Å². The van der Waals surface area contributed by atoms with Gasteiger partial charge in [0.15, 0.2) is 5.65 Å². The first-order chi connectivity index (χ1) is 14.1. The molecule has 0 amide bonds. The number of benzene rings is 1. The molecule has 0 atom stereocenters. The van der Waals surface area contributed by atoms with Crippen LogP contribution in [0.5, 0.6) is 11.8 Å². The second kappa shape index (κ2) is 8.55. The van der Waals surface area contributed by atoms with Gasteiger partial charge in [-0.3, -0.25) is 4.98 Å². The molecule has 3 aromatic rings. The number of aliphatic hydroxyl groups is 1. The lowest BCUT2D eigenvalue weighted by Crippen LogP contribution is -2.25. The predicted octanol–water partition coefficient (Wildman–Crippen LogP) is 4.75. The van der Waals surface area contributed by atoms with Crippen LogP contribution in [0.15, 0.2) is 24.3 Å². The molecule has 8 heteroatoms. The molecule has 0 saturated heterocycles. The Balaban J connectivity index is 1.57. The van der Waals surface area contributed by atoms with Crippen molar-refractivity contribution in [3.05, 3.63) is 35.1 Å². The van der Waals surface area contributed by atoms with Gasteiger partial charge in [-0.1, -0.05) is 11.6 Å². The summed E-state index contributed by atoms with van der Waals surface area (Å²) >= 11 is 6.37. The van der Waals surface area contributed by atoms with Gasteiger partial charge in [0.25, 0.3) is 6.01 Å². The smallest absolute Gasteiger partial charge is 0.296 e. The van der Waals surface area contributed by atoms with Gasteiger partial charge in [-0.25, -0.2) is 9.37 Å². The molecule has 0 spiro atoms. The predicted molar refractivity (Wildman–Crippen MR) is 109 cm³/mol. The summed E-state index contributed by atoms with van der Waals surface area (Å²) in [7, 11) is 0. The van der Waals surface area contributed by atoms with Gasteiger partial charge in [-0.05, 0) is 56.7 Å². The topological polar surface area (TPSA) is 80.3 Å². The van der Waals surface area contributed by atoms with Gasteiger partial charge in [0.05, 0.1) is 17.3 Å². The Morgan fingerprint density at radius 3 is 2.69 bits per heavy atom. The van der Waals surface area contributed by atoms with E-state index in [-0.39, 0.29) is 12.7 Å². The summed E-state index contributed by atoms with van der Waals surface area (Å²) in [5, 5.41) is 9.56. The van der Waals surface area contributed by atoms with Gasteiger partial charge in [0, 0.05) is 18.2 Å². The quantitative estimate of drug-likeness (QED) is 0.602. The van der Waals surface area contributed by atoms with Crippen LogP contribution in [0, 0.1) is 11.7 Å². The van der Waals surface area contributed by atoms with Crippen molar-refractivity contribution in [2.45, 2.75) is 38.7 Å². The van der Waals surface area contributed by atoms with Crippen LogP contribution < -0.4 is 9.47 Å². The molecule has 6 nitrogen and oxygen atoms in total. The number of nitrogens with zero attached hydrogens (tertiary/aromatic N) is 2. The van der Waals surface area contributed by atoms with Gasteiger partial charge in [-0.2, -0.15) is 4.98 Å². The lowest BCUT2D eigenvalue weighted by Gasteiger charge is -2.26. The molecule has 2 heterocycles. The largest absolute Gasteiger partial charge is 0.494 e. The molecule has 2 aromatic heterocycles. The number of halogens is 2. The number of H-pyrrole nitrogens is 1. The summed E-state index contributed by atoms with van der Waals surface area (Å²) < 4.78 is 25.9. The van der Waals surface area contributed by atoms with Crippen LogP contribution in [0.4, 0.5) is 4.39 Å². The molecule has 0 radical (unpaired) electrons. The van der Waals surface area contributed by atoms with E-state index in [9.17, 15) is 9.50 Å². The van der Waals surface area contributed by atoms with E-state index >= 15 is 0 Å². The monoisotopic (exact) mass is 419 g/mol. The third kappa shape index (κ3) is 4.31. The van der Waals surface area contributed by atoms with Crippen LogP contribution in [0.3, 0.4) is 0 Å². The lowest BCUT2D eigenvalue weighted by atomic mass is 9.88. The highest BCUT2D eigenvalue weighted by molar-refractivity contribution is 6.33. The van der Waals surface area contributed by atoms with Crippen molar-refractivity contribution in [2.75, 3.05) is 13.2 Å². The molecule has 1 fully saturated rings. The summed E-state index contributed by atoms with van der Waals surface area (Å²) in [6.07, 6.45) is 3.68. The normalized spacial score (nSPS) is 19.4. The first-order valence-corrected chi connectivity index (χ1v) is 10.2. The molecular weight excluding hydrogens is 397 g/mol. The van der Waals surface area contributed by atoms with E-state index in [0.29, 0.717) is 51.7 Å². The number of pyridine rings is 1. The second-order valence-electron chi connectivity index (χ2n) is 7.25. The fraction of sp³-hybridized carbons (Fsp3) is 0.429. The zero-order valence-electron chi connectivity index (χ0n) is 16.1. The maximum atomic E-state index is 14.6. The average Bonchev–Trinajstić information content (AvgIpc) is 3.09. The first kappa shape index (κ1) is 19.9. The Morgan fingerprint density at radius 1 is 1.21 bits per heavy atom. The van der Waals surface area contributed by atoms with E-state index in [1.165, 1.54) is 6.07 Å². The standard InChI is InChI=1S/C21H23ClFN3O3/c1-2-28-14-7-8-15(17(23)9-14)19-16(22)10-18-20(25-19)26-21(24-18)29-13-5-3-12(11-27)4-6-13/h7-10,12-13,27H,2-6,11H2,1H3,(H,24,25,26)/t12-,13-. The zero-order valence-corrected chi connectivity index (χ0v) is 16.9. The van der Waals surface area contributed by atoms with Crippen molar-refractivity contribution in [1.82, 2.24) is 15.0 Å². The highest BCUT2D eigenvalue weighted by Gasteiger charge is 2.23. The van der Waals surface area contributed by atoms with E-state index in [1.807, 2.05) is 6.92 Å². The minimum atomic E-state index is -0.457. The van der Waals surface area contributed by atoms with E-state index in [1.54, 1.807) is 18.2 Å². The van der Waals surface area contributed by atoms with Crippen LogP contribution in [0.25, 0.3) is 22.4 Å². The fourth-order valence-corrected chi connectivity index (χ4v) is 3.92. The molecule has 29 heavy (non-hydrogen) atoms. The van der Waals surface area contributed by atoms with Crippen molar-refractivity contribution >= 4 is 22.8 Å². The molecule has 4 rings (SSSR count). The van der Waals surface area contributed by atoms with Crippen LogP contribution in [-0.2, 0) is 0 Å². The summed E-state index contributed by atoms with van der Waals surface area (Å²) in [5.41, 5.74) is 1.67. The molecule has 1 aromatic carbocycles. The highest BCUT2D eigenvalue weighted by atomic mass is 35.5. The Morgan fingerprint density at radius 2 is 2.00 bits per heavy atom. The van der Waals surface area contributed by atoms with Crippen molar-refractivity contribution in [2.24, 2.45) is 5.92 Å². The third-order valence-electron chi connectivity index (χ3n) is 5.24. The van der Waals surface area contributed by atoms with Gasteiger partial charge >= 0.3 is 0 Å². The number of ether oxygens (including phenoxy) is 2. The number of hydrogen-bond donors (Lipinski definition) is 2. The molecule has 0 aliphatic heterocycles. The molecular formula is C21H23ClFN3O3. The zero-order chi connectivity index (χ0) is 20.4. The summed E-state index contributed by atoms with van der Waals surface area (Å²) in [6, 6.07) is 6.65. The number of rotatable bonds is 6. The molecule has 154 valence electrons. The molecule has 1 aliphatic carbocycles. The van der Waals surface area contributed by atoms with E-state index in [4.69, 9.17) is 21.1 Å². The molecule has 1 aliphatic rings. The van der Waals surface area contributed by atoms with Gasteiger partial charge in [0.2, 0.25) is 0 Å². The first-order valence-electron chi connectivity index (χ1n) is 9.83. The van der Waals surface area contributed by atoms with Gasteiger partial charge in [0.1, 0.15) is 23.2 Å². The van der Waals surface area contributed by atoms with Crippen LogP contribution in [0.2, 0.25) is 5.02 Å². The minimum absolute atomic E-state index is 0.0526. The average molecular weight is 420 g/mol. The van der Waals surface area contributed by atoms with Crippen molar-refractivity contribution in [1.29, 1.82) is 0 Å². The highest BCUT2D eigenvalue weighted by Crippen LogP contribution is 2.33. The summed E-state index contributed by atoms with van der Waals surface area (Å²) in [6.45, 7) is 2.53. The van der Waals surface area contributed by atoms with Crippen molar-refractivity contribution < 1.29 is 19.0 Å². The maximum Gasteiger partial charge on any atom is 0.296 e. The van der Waals surface area contributed by atoms with Gasteiger partial charge < -0.3 is 14.6 Å². The lowest BCUT2D eigenvalue weighted by molar-refractivity contribution is 0.0976. The van der Waals surface area contributed by atoms with E-state index in [2.05, 4.69) is 15.0 Å². The van der Waals surface area contributed by atoms with Crippen LogP contribution in [-0.4, -0.2) is 39.4 Å². The third-order valence-corrected chi connectivity index (χ3v) is 5.53. The Labute approximate surface area is 173 Å². The molecule has 2 N–H and O–H groups in total. The number of aromatic amines is 1. The maximum absolute atomic E-state index is 14.6. The fourth-order valence-electron chi connectivity index (χ4n) is 3.67. The van der Waals surface area contributed by atoms with Crippen molar-refractivity contribution in [3.63, 3.8) is 0 Å². The minimum Gasteiger partial charge on any atom is -0.494 e. The van der Waals surface area contributed by atoms with Crippen molar-refractivity contribution in [3.8, 4) is 23.0 Å². The van der Waals surface area contributed by atoms with E-state index < -0.39 is 5.82 Å². The second-order valence-corrected chi connectivity index (χ2v) is 7.65. The number of hydrogen-bond acceptors (Lipinski definition) is 5. The number of aliphatic hydroxyl groups excluding tert-OH is 1. The Hall–Kier alpha value is -2.38. The van der Waals surface area contributed by atoms with Crippen LogP contribution >= 0.6 is 11.6 Å². The Bertz CT molecular complexity index is 1000. The SMILES string of the molecule is CCOc1ccc(-c2nc3[nH]c(O[C@H]4CC[C@H](CO)CC4)nc3cc2Cl)c(F)c1. The number of fused-ring (bicyclic) bond motifs is 1. The van der Waals surface area contributed by atoms with E-state index in [0.717, 1.165) is 25.7 Å². The molecule has 1 saturated carbocycles. The Kier molecular flexibility index (Phi) is 5.87. The molecule has 0 unspecified atom stereocenters. The number of nitrogens with one attached hydrogen (secondary N) is 1. The summed E-state index contributed by atoms with van der Waals surface area (Å²) in [4.78, 5) is 11.9. The number of imidazole rings is 1. The number of aromatic nitrogens is 3. The van der Waals surface area contributed by atoms with Crippen LogP contribution in [0.1, 0.15) is 32.6 Å².